The summed E-state index contributed by atoms with van der Waals surface area (Å²) in [6.07, 6.45) is 3.09. The van der Waals surface area contributed by atoms with Crippen molar-refractivity contribution in [2.75, 3.05) is 5.32 Å². The highest BCUT2D eigenvalue weighted by Gasteiger charge is 2.30. The van der Waals surface area contributed by atoms with E-state index in [4.69, 9.17) is 0 Å². The summed E-state index contributed by atoms with van der Waals surface area (Å²) in [5.74, 6) is 0.256. The molecule has 5 nitrogen and oxygen atoms in total. The van der Waals surface area contributed by atoms with Crippen LogP contribution >= 0.6 is 11.3 Å². The van der Waals surface area contributed by atoms with E-state index < -0.39 is 0 Å². The van der Waals surface area contributed by atoms with Gasteiger partial charge < -0.3 is 10.2 Å². The Labute approximate surface area is 158 Å². The number of aromatic nitrogens is 1. The van der Waals surface area contributed by atoms with Crippen LogP contribution in [0.1, 0.15) is 44.4 Å². The molecule has 6 heteroatoms. The number of anilines is 1. The summed E-state index contributed by atoms with van der Waals surface area (Å²) in [6, 6.07) is 10.2. The largest absolute Gasteiger partial charge is 0.335 e. The number of hydrogen-bond acceptors (Lipinski definition) is 4. The molecule has 3 rings (SSSR count). The van der Waals surface area contributed by atoms with E-state index in [1.807, 2.05) is 40.6 Å². The summed E-state index contributed by atoms with van der Waals surface area (Å²) in [5.41, 5.74) is 1.84. The molecule has 0 aliphatic heterocycles. The molecular formula is C20H25N3O2S. The van der Waals surface area contributed by atoms with Crippen molar-refractivity contribution in [3.63, 3.8) is 0 Å². The SMILES string of the molecule is CCC(C)N(Cc1ccccc1)C(=O)Cc1csc(NC(=O)C2CC2)n1. The molecule has 1 unspecified atom stereocenters. The lowest BCUT2D eigenvalue weighted by Crippen LogP contribution is -2.38. The van der Waals surface area contributed by atoms with Crippen LogP contribution < -0.4 is 5.32 Å². The monoisotopic (exact) mass is 371 g/mol. The van der Waals surface area contributed by atoms with Crippen LogP contribution in [0.3, 0.4) is 0 Å². The molecule has 0 spiro atoms. The lowest BCUT2D eigenvalue weighted by molar-refractivity contribution is -0.133. The van der Waals surface area contributed by atoms with Crippen LogP contribution in [0.4, 0.5) is 5.13 Å². The molecule has 0 radical (unpaired) electrons. The topological polar surface area (TPSA) is 62.3 Å². The van der Waals surface area contributed by atoms with E-state index in [2.05, 4.69) is 24.1 Å². The van der Waals surface area contributed by atoms with Crippen molar-refractivity contribution in [2.24, 2.45) is 5.92 Å². The third-order valence-electron chi connectivity index (χ3n) is 4.70. The molecule has 2 aromatic rings. The molecule has 1 N–H and O–H groups in total. The molecule has 1 fully saturated rings. The van der Waals surface area contributed by atoms with E-state index in [-0.39, 0.29) is 30.2 Å². The van der Waals surface area contributed by atoms with Crippen molar-refractivity contribution >= 4 is 28.3 Å². The van der Waals surface area contributed by atoms with Crippen LogP contribution in [0.25, 0.3) is 0 Å². The lowest BCUT2D eigenvalue weighted by Gasteiger charge is -2.28. The highest BCUT2D eigenvalue weighted by atomic mass is 32.1. The number of hydrogen-bond donors (Lipinski definition) is 1. The van der Waals surface area contributed by atoms with Crippen molar-refractivity contribution in [2.45, 2.75) is 52.1 Å². The van der Waals surface area contributed by atoms with Gasteiger partial charge in [0.1, 0.15) is 0 Å². The predicted octanol–water partition coefficient (Wildman–Crippen LogP) is 3.86. The maximum Gasteiger partial charge on any atom is 0.229 e. The summed E-state index contributed by atoms with van der Waals surface area (Å²) >= 11 is 1.38. The van der Waals surface area contributed by atoms with Gasteiger partial charge in [0.25, 0.3) is 0 Å². The predicted molar refractivity (Wildman–Crippen MR) is 104 cm³/mol. The van der Waals surface area contributed by atoms with Gasteiger partial charge in [0, 0.05) is 23.9 Å². The molecule has 1 aliphatic carbocycles. The van der Waals surface area contributed by atoms with Crippen molar-refractivity contribution in [1.29, 1.82) is 0 Å². The van der Waals surface area contributed by atoms with E-state index in [0.29, 0.717) is 17.4 Å². The normalized spacial score (nSPS) is 14.7. The second-order valence-electron chi connectivity index (χ2n) is 6.85. The Hall–Kier alpha value is -2.21. The molecule has 0 saturated heterocycles. The van der Waals surface area contributed by atoms with Crippen LogP contribution in [-0.4, -0.2) is 27.7 Å². The molecule has 1 atom stereocenters. The smallest absolute Gasteiger partial charge is 0.229 e. The number of carbonyl (C=O) groups is 2. The third kappa shape index (κ3) is 4.91. The lowest BCUT2D eigenvalue weighted by atomic mass is 10.1. The molecule has 26 heavy (non-hydrogen) atoms. The fraction of sp³-hybridized carbons (Fsp3) is 0.450. The molecule has 1 saturated carbocycles. The summed E-state index contributed by atoms with van der Waals surface area (Å²) in [5, 5.41) is 5.29. The Morgan fingerprint density at radius 3 is 2.69 bits per heavy atom. The van der Waals surface area contributed by atoms with Gasteiger partial charge in [-0.05, 0) is 31.7 Å². The number of carbonyl (C=O) groups excluding carboxylic acids is 2. The quantitative estimate of drug-likeness (QED) is 0.766. The standard InChI is InChI=1S/C20H25N3O2S/c1-3-14(2)23(12-15-7-5-4-6-8-15)18(24)11-17-13-26-20(21-17)22-19(25)16-9-10-16/h4-8,13-14,16H,3,9-12H2,1-2H3,(H,21,22,25). The van der Waals surface area contributed by atoms with E-state index in [0.717, 1.165) is 24.8 Å². The van der Waals surface area contributed by atoms with Crippen LogP contribution in [0.2, 0.25) is 0 Å². The number of rotatable bonds is 8. The summed E-state index contributed by atoms with van der Waals surface area (Å²) in [6.45, 7) is 4.76. The minimum absolute atomic E-state index is 0.0440. The highest BCUT2D eigenvalue weighted by molar-refractivity contribution is 7.13. The van der Waals surface area contributed by atoms with Crippen LogP contribution in [0.5, 0.6) is 0 Å². The summed E-state index contributed by atoms with van der Waals surface area (Å²) in [7, 11) is 0. The first-order chi connectivity index (χ1) is 12.6. The van der Waals surface area contributed by atoms with Crippen LogP contribution in [0.15, 0.2) is 35.7 Å². The molecule has 1 aliphatic rings. The van der Waals surface area contributed by atoms with Gasteiger partial charge in [-0.25, -0.2) is 4.98 Å². The van der Waals surface area contributed by atoms with Gasteiger partial charge in [-0.15, -0.1) is 11.3 Å². The van der Waals surface area contributed by atoms with Gasteiger partial charge in [-0.1, -0.05) is 37.3 Å². The van der Waals surface area contributed by atoms with Crippen molar-refractivity contribution in [1.82, 2.24) is 9.88 Å². The second kappa shape index (κ2) is 8.45. The first-order valence-corrected chi connectivity index (χ1v) is 10.0. The van der Waals surface area contributed by atoms with Crippen LogP contribution in [-0.2, 0) is 22.6 Å². The van der Waals surface area contributed by atoms with E-state index >= 15 is 0 Å². The van der Waals surface area contributed by atoms with Crippen molar-refractivity contribution in [3.05, 3.63) is 47.0 Å². The van der Waals surface area contributed by atoms with Gasteiger partial charge >= 0.3 is 0 Å². The maximum absolute atomic E-state index is 12.9. The minimum Gasteiger partial charge on any atom is -0.335 e. The zero-order chi connectivity index (χ0) is 18.5. The van der Waals surface area contributed by atoms with Crippen LogP contribution in [0, 0.1) is 5.92 Å². The Balaban J connectivity index is 1.63. The highest BCUT2D eigenvalue weighted by Crippen LogP contribution is 2.30. The first-order valence-electron chi connectivity index (χ1n) is 9.15. The number of thiazole rings is 1. The van der Waals surface area contributed by atoms with Gasteiger partial charge in [0.15, 0.2) is 5.13 Å². The van der Waals surface area contributed by atoms with Gasteiger partial charge in [-0.2, -0.15) is 0 Å². The number of amides is 2. The molecule has 1 aromatic carbocycles. The Morgan fingerprint density at radius 2 is 2.04 bits per heavy atom. The first kappa shape index (κ1) is 18.6. The molecule has 2 amide bonds. The number of nitrogens with one attached hydrogen (secondary N) is 1. The summed E-state index contributed by atoms with van der Waals surface area (Å²) < 4.78 is 0. The van der Waals surface area contributed by atoms with Gasteiger partial charge in [0.05, 0.1) is 12.1 Å². The zero-order valence-electron chi connectivity index (χ0n) is 15.3. The minimum atomic E-state index is 0.0440. The fourth-order valence-electron chi connectivity index (χ4n) is 2.75. The Bertz CT molecular complexity index is 755. The van der Waals surface area contributed by atoms with Gasteiger partial charge in [0.2, 0.25) is 11.8 Å². The van der Waals surface area contributed by atoms with Crippen molar-refractivity contribution in [3.8, 4) is 0 Å². The molecule has 138 valence electrons. The number of nitrogens with zero attached hydrogens (tertiary/aromatic N) is 2. The van der Waals surface area contributed by atoms with Gasteiger partial charge in [-0.3, -0.25) is 9.59 Å². The third-order valence-corrected chi connectivity index (χ3v) is 5.51. The van der Waals surface area contributed by atoms with E-state index in [1.165, 1.54) is 11.3 Å². The molecular weight excluding hydrogens is 346 g/mol. The summed E-state index contributed by atoms with van der Waals surface area (Å²) in [4.78, 5) is 31.0. The molecule has 1 aromatic heterocycles. The zero-order valence-corrected chi connectivity index (χ0v) is 16.1. The average molecular weight is 372 g/mol. The Kier molecular flexibility index (Phi) is 6.04. The number of benzene rings is 1. The fourth-order valence-corrected chi connectivity index (χ4v) is 3.46. The van der Waals surface area contributed by atoms with Crippen molar-refractivity contribution < 1.29 is 9.59 Å². The molecule has 0 bridgehead atoms. The maximum atomic E-state index is 12.9. The Morgan fingerprint density at radius 1 is 1.31 bits per heavy atom. The second-order valence-corrected chi connectivity index (χ2v) is 7.71. The molecule has 1 heterocycles. The van der Waals surface area contributed by atoms with E-state index in [9.17, 15) is 9.59 Å². The van der Waals surface area contributed by atoms with E-state index in [1.54, 1.807) is 0 Å². The average Bonchev–Trinajstić information content (AvgIpc) is 3.42.